The molecule has 1 heterocycles. The molecule has 0 aliphatic carbocycles. The molecular weight excluding hydrogens is 329 g/mol. The SMILES string of the molecule is Cc1cc(S[C@@H](NC(=O)C(C)C)C(Cl)(Cl)Cl)ncn1. The Morgan fingerprint density at radius 3 is 2.47 bits per heavy atom. The van der Waals surface area contributed by atoms with Crippen LogP contribution in [0.3, 0.4) is 0 Å². The molecule has 0 aliphatic heterocycles. The van der Waals surface area contributed by atoms with E-state index < -0.39 is 9.17 Å². The van der Waals surface area contributed by atoms with Gasteiger partial charge < -0.3 is 5.32 Å². The summed E-state index contributed by atoms with van der Waals surface area (Å²) in [6.45, 7) is 5.37. The van der Waals surface area contributed by atoms with Gasteiger partial charge in [0.05, 0.1) is 0 Å². The first kappa shape index (κ1) is 16.8. The Bertz CT molecular complexity index is 451. The van der Waals surface area contributed by atoms with Crippen molar-refractivity contribution in [1.82, 2.24) is 15.3 Å². The molecule has 0 spiro atoms. The lowest BCUT2D eigenvalue weighted by Gasteiger charge is -2.25. The number of hydrogen-bond acceptors (Lipinski definition) is 4. The summed E-state index contributed by atoms with van der Waals surface area (Å²) >= 11 is 18.8. The Hall–Kier alpha value is -0.230. The predicted octanol–water partition coefficient (Wildman–Crippen LogP) is 3.35. The van der Waals surface area contributed by atoms with Crippen LogP contribution in [0.25, 0.3) is 0 Å². The van der Waals surface area contributed by atoms with E-state index in [1.165, 1.54) is 18.1 Å². The maximum Gasteiger partial charge on any atom is 0.223 e. The average Bonchev–Trinajstić information content (AvgIpc) is 2.26. The number of aromatic nitrogens is 2. The second kappa shape index (κ2) is 6.97. The van der Waals surface area contributed by atoms with E-state index in [4.69, 9.17) is 34.8 Å². The van der Waals surface area contributed by atoms with Crippen molar-refractivity contribution < 1.29 is 4.79 Å². The predicted molar refractivity (Wildman–Crippen MR) is 79.7 cm³/mol. The molecule has 0 unspecified atom stereocenters. The van der Waals surface area contributed by atoms with Gasteiger partial charge in [0.15, 0.2) is 0 Å². The van der Waals surface area contributed by atoms with Gasteiger partial charge in [0.1, 0.15) is 16.7 Å². The molecule has 1 aromatic heterocycles. The molecule has 0 saturated carbocycles. The minimum Gasteiger partial charge on any atom is -0.340 e. The van der Waals surface area contributed by atoms with Gasteiger partial charge in [0.25, 0.3) is 0 Å². The summed E-state index contributed by atoms with van der Waals surface area (Å²) in [4.78, 5) is 19.8. The number of amides is 1. The highest BCUT2D eigenvalue weighted by Crippen LogP contribution is 2.38. The van der Waals surface area contributed by atoms with Crippen LogP contribution < -0.4 is 5.32 Å². The smallest absolute Gasteiger partial charge is 0.223 e. The van der Waals surface area contributed by atoms with Gasteiger partial charge in [-0.25, -0.2) is 9.97 Å². The van der Waals surface area contributed by atoms with Gasteiger partial charge in [-0.15, -0.1) is 0 Å². The van der Waals surface area contributed by atoms with E-state index in [9.17, 15) is 4.79 Å². The average molecular weight is 343 g/mol. The minimum atomic E-state index is -1.63. The van der Waals surface area contributed by atoms with Gasteiger partial charge >= 0.3 is 0 Å². The monoisotopic (exact) mass is 341 g/mol. The van der Waals surface area contributed by atoms with Crippen molar-refractivity contribution in [2.24, 2.45) is 5.92 Å². The first-order valence-electron chi connectivity index (χ1n) is 5.52. The minimum absolute atomic E-state index is 0.186. The molecule has 0 saturated heterocycles. The van der Waals surface area contributed by atoms with E-state index in [0.29, 0.717) is 5.03 Å². The van der Waals surface area contributed by atoms with E-state index in [1.54, 1.807) is 19.9 Å². The summed E-state index contributed by atoms with van der Waals surface area (Å²) < 4.78 is -1.63. The first-order chi connectivity index (χ1) is 8.70. The summed E-state index contributed by atoms with van der Waals surface area (Å²) in [5, 5.41) is 2.60. The lowest BCUT2D eigenvalue weighted by atomic mass is 10.2. The lowest BCUT2D eigenvalue weighted by molar-refractivity contribution is -0.124. The van der Waals surface area contributed by atoms with Crippen LogP contribution in [-0.2, 0) is 4.79 Å². The highest BCUT2D eigenvalue weighted by molar-refractivity contribution is 8.00. The summed E-state index contributed by atoms with van der Waals surface area (Å²) in [5.41, 5.74) is 0.802. The molecule has 0 radical (unpaired) electrons. The molecule has 19 heavy (non-hydrogen) atoms. The Morgan fingerprint density at radius 1 is 1.37 bits per heavy atom. The van der Waals surface area contributed by atoms with E-state index >= 15 is 0 Å². The molecule has 1 N–H and O–H groups in total. The summed E-state index contributed by atoms with van der Waals surface area (Å²) in [6.07, 6.45) is 1.43. The van der Waals surface area contributed by atoms with E-state index in [2.05, 4.69) is 15.3 Å². The van der Waals surface area contributed by atoms with Crippen LogP contribution in [0.5, 0.6) is 0 Å². The highest BCUT2D eigenvalue weighted by Gasteiger charge is 2.35. The number of hydrogen-bond donors (Lipinski definition) is 1. The van der Waals surface area contributed by atoms with Crippen molar-refractivity contribution >= 4 is 52.5 Å². The van der Waals surface area contributed by atoms with Crippen LogP contribution in [0.4, 0.5) is 0 Å². The van der Waals surface area contributed by atoms with Gasteiger partial charge in [-0.3, -0.25) is 4.79 Å². The number of carbonyl (C=O) groups excluding carboxylic acids is 1. The number of alkyl halides is 3. The summed E-state index contributed by atoms with van der Waals surface area (Å²) in [7, 11) is 0. The Balaban J connectivity index is 2.84. The van der Waals surface area contributed by atoms with Crippen molar-refractivity contribution in [3.8, 4) is 0 Å². The fourth-order valence-corrected chi connectivity index (χ4v) is 2.55. The molecule has 1 amide bonds. The van der Waals surface area contributed by atoms with Crippen LogP contribution in [-0.4, -0.2) is 25.0 Å². The molecular formula is C11H14Cl3N3OS. The molecule has 0 aliphatic rings. The van der Waals surface area contributed by atoms with E-state index in [1.807, 2.05) is 6.92 Å². The Morgan fingerprint density at radius 2 is 2.00 bits per heavy atom. The topological polar surface area (TPSA) is 54.9 Å². The zero-order chi connectivity index (χ0) is 14.6. The third kappa shape index (κ3) is 5.73. The highest BCUT2D eigenvalue weighted by atomic mass is 35.6. The van der Waals surface area contributed by atoms with E-state index in [0.717, 1.165) is 5.69 Å². The van der Waals surface area contributed by atoms with Crippen molar-refractivity contribution in [3.63, 3.8) is 0 Å². The van der Waals surface area contributed by atoms with Gasteiger partial charge in [0, 0.05) is 11.6 Å². The number of nitrogens with zero attached hydrogens (tertiary/aromatic N) is 2. The number of halogens is 3. The van der Waals surface area contributed by atoms with Gasteiger partial charge in [-0.1, -0.05) is 60.4 Å². The Kier molecular flexibility index (Phi) is 6.17. The van der Waals surface area contributed by atoms with Gasteiger partial charge in [0.2, 0.25) is 9.70 Å². The largest absolute Gasteiger partial charge is 0.340 e. The second-order valence-corrected chi connectivity index (χ2v) is 7.69. The lowest BCUT2D eigenvalue weighted by Crippen LogP contribution is -2.43. The first-order valence-corrected chi connectivity index (χ1v) is 7.54. The third-order valence-electron chi connectivity index (χ3n) is 2.11. The normalized spacial score (nSPS) is 13.4. The molecule has 4 nitrogen and oxygen atoms in total. The van der Waals surface area contributed by atoms with E-state index in [-0.39, 0.29) is 11.8 Å². The van der Waals surface area contributed by atoms with Crippen LogP contribution in [0.2, 0.25) is 0 Å². The van der Waals surface area contributed by atoms with Crippen LogP contribution in [0, 0.1) is 12.8 Å². The van der Waals surface area contributed by atoms with Crippen molar-refractivity contribution in [3.05, 3.63) is 18.1 Å². The molecule has 1 aromatic rings. The van der Waals surface area contributed by atoms with Crippen molar-refractivity contribution in [1.29, 1.82) is 0 Å². The van der Waals surface area contributed by atoms with Gasteiger partial charge in [-0.05, 0) is 13.0 Å². The quantitative estimate of drug-likeness (QED) is 0.394. The molecule has 0 fully saturated rings. The molecule has 106 valence electrons. The molecule has 1 atom stereocenters. The Labute approximate surface area is 131 Å². The maximum absolute atomic E-state index is 11.7. The fraction of sp³-hybridized carbons (Fsp3) is 0.545. The standard InChI is InChI=1S/C11H14Cl3N3OS/c1-6(2)9(18)17-10(11(12,13)14)19-8-4-7(3)15-5-16-8/h4-6,10H,1-3H3,(H,17,18)/t10-/m1/s1. The molecule has 0 bridgehead atoms. The van der Waals surface area contributed by atoms with Crippen LogP contribution in [0.1, 0.15) is 19.5 Å². The fourth-order valence-electron chi connectivity index (χ4n) is 1.09. The zero-order valence-corrected chi connectivity index (χ0v) is 13.7. The summed E-state index contributed by atoms with van der Waals surface area (Å²) in [5.74, 6) is -0.378. The maximum atomic E-state index is 11.7. The molecule has 0 aromatic carbocycles. The number of thioether (sulfide) groups is 1. The third-order valence-corrected chi connectivity index (χ3v) is 4.33. The summed E-state index contributed by atoms with van der Waals surface area (Å²) in [6, 6.07) is 1.76. The number of nitrogens with one attached hydrogen (secondary N) is 1. The molecule has 1 rings (SSSR count). The van der Waals surface area contributed by atoms with Crippen molar-refractivity contribution in [2.75, 3.05) is 0 Å². The second-order valence-electron chi connectivity index (χ2n) is 4.20. The van der Waals surface area contributed by atoms with Crippen molar-refractivity contribution in [2.45, 2.75) is 35.0 Å². The van der Waals surface area contributed by atoms with Gasteiger partial charge in [-0.2, -0.15) is 0 Å². The van der Waals surface area contributed by atoms with Crippen LogP contribution in [0.15, 0.2) is 17.4 Å². The molecule has 8 heteroatoms. The van der Waals surface area contributed by atoms with Crippen LogP contribution >= 0.6 is 46.6 Å². The number of rotatable bonds is 4. The number of carbonyl (C=O) groups is 1. The zero-order valence-electron chi connectivity index (χ0n) is 10.7. The number of aryl methyl sites for hydroxylation is 1.